The third-order valence-corrected chi connectivity index (χ3v) is 4.63. The minimum atomic E-state index is 0.000502. The summed E-state index contributed by atoms with van der Waals surface area (Å²) in [6, 6.07) is 22.9. The molecule has 154 valence electrons. The molecule has 0 unspecified atom stereocenters. The molecule has 0 aliphatic rings. The van der Waals surface area contributed by atoms with Crippen molar-refractivity contribution in [3.05, 3.63) is 83.4 Å². The number of nitrogens with zero attached hydrogens (tertiary/aromatic N) is 2. The van der Waals surface area contributed by atoms with Crippen LogP contribution < -0.4 is 9.47 Å². The first-order valence-corrected chi connectivity index (χ1v) is 9.81. The van der Waals surface area contributed by atoms with E-state index in [-0.39, 0.29) is 5.41 Å². The first-order chi connectivity index (χ1) is 14.4. The molecule has 30 heavy (non-hydrogen) atoms. The number of methoxy groups -OCH3 is 2. The quantitative estimate of drug-likeness (QED) is 0.360. The van der Waals surface area contributed by atoms with E-state index in [1.54, 1.807) is 14.2 Å². The maximum Gasteiger partial charge on any atom is 0.119 e. The minimum absolute atomic E-state index is 0.000502. The predicted octanol–water partition coefficient (Wildman–Crippen LogP) is 6.30. The van der Waals surface area contributed by atoms with Crippen molar-refractivity contribution in [1.29, 1.82) is 0 Å². The average Bonchev–Trinajstić information content (AvgIpc) is 2.76. The van der Waals surface area contributed by atoms with Crippen LogP contribution in [0.1, 0.15) is 37.5 Å². The molecule has 4 heteroatoms. The van der Waals surface area contributed by atoms with Crippen LogP contribution in [-0.2, 0) is 5.41 Å². The van der Waals surface area contributed by atoms with Crippen LogP contribution in [0.2, 0.25) is 0 Å². The van der Waals surface area contributed by atoms with Crippen LogP contribution in [0, 0.1) is 6.07 Å². The standard InChI is InChI=1S/C26H27N2O2/c1-26(2,3)21-15-19(17-27-22-6-10-24(29-4)11-7-22)14-20(16-21)18-28-23-8-12-25(30-5)13-9-23/h6-13,15-18H,1-5H3/q-1. The van der Waals surface area contributed by atoms with E-state index in [2.05, 4.69) is 49.0 Å². The number of rotatable bonds is 6. The molecule has 0 aliphatic carbocycles. The van der Waals surface area contributed by atoms with Gasteiger partial charge in [-0.3, -0.25) is 9.98 Å². The van der Waals surface area contributed by atoms with Gasteiger partial charge in [0.2, 0.25) is 0 Å². The van der Waals surface area contributed by atoms with Gasteiger partial charge in [-0.05, 0) is 66.4 Å². The van der Waals surface area contributed by atoms with Gasteiger partial charge >= 0.3 is 0 Å². The Balaban J connectivity index is 1.88. The predicted molar refractivity (Wildman–Crippen MR) is 124 cm³/mol. The molecular formula is C26H27N2O2-. The topological polar surface area (TPSA) is 43.2 Å². The molecule has 0 aromatic heterocycles. The van der Waals surface area contributed by atoms with E-state index in [4.69, 9.17) is 9.47 Å². The second-order valence-corrected chi connectivity index (χ2v) is 7.94. The van der Waals surface area contributed by atoms with Crippen LogP contribution in [-0.4, -0.2) is 26.6 Å². The first-order valence-electron chi connectivity index (χ1n) is 9.81. The van der Waals surface area contributed by atoms with Crippen molar-refractivity contribution in [3.8, 4) is 11.5 Å². The van der Waals surface area contributed by atoms with Crippen molar-refractivity contribution in [2.45, 2.75) is 26.2 Å². The molecule has 0 heterocycles. The molecule has 0 N–H and O–H groups in total. The maximum atomic E-state index is 5.20. The van der Waals surface area contributed by atoms with Gasteiger partial charge in [0.1, 0.15) is 11.5 Å². The Kier molecular flexibility index (Phi) is 6.68. The summed E-state index contributed by atoms with van der Waals surface area (Å²) in [4.78, 5) is 9.17. The summed E-state index contributed by atoms with van der Waals surface area (Å²) >= 11 is 0. The van der Waals surface area contributed by atoms with Gasteiger partial charge in [0.25, 0.3) is 0 Å². The highest BCUT2D eigenvalue weighted by molar-refractivity contribution is 5.88. The fourth-order valence-corrected chi connectivity index (χ4v) is 2.81. The highest BCUT2D eigenvalue weighted by Gasteiger charge is 2.11. The number of ether oxygens (including phenoxy) is 2. The van der Waals surface area contributed by atoms with Gasteiger partial charge in [0.05, 0.1) is 25.6 Å². The second-order valence-electron chi connectivity index (χ2n) is 7.94. The van der Waals surface area contributed by atoms with Gasteiger partial charge in [0.15, 0.2) is 0 Å². The van der Waals surface area contributed by atoms with E-state index in [1.165, 1.54) is 5.56 Å². The summed E-state index contributed by atoms with van der Waals surface area (Å²) in [7, 11) is 3.31. The largest absolute Gasteiger partial charge is 0.497 e. The minimum Gasteiger partial charge on any atom is -0.497 e. The molecular weight excluding hydrogens is 372 g/mol. The van der Waals surface area contributed by atoms with Crippen molar-refractivity contribution in [2.24, 2.45) is 9.98 Å². The van der Waals surface area contributed by atoms with Crippen LogP contribution in [0.25, 0.3) is 0 Å². The molecule has 0 spiro atoms. The molecule has 0 bridgehead atoms. The Morgan fingerprint density at radius 3 is 1.43 bits per heavy atom. The van der Waals surface area contributed by atoms with Gasteiger partial charge in [0, 0.05) is 0 Å². The Morgan fingerprint density at radius 1 is 0.700 bits per heavy atom. The lowest BCUT2D eigenvalue weighted by molar-refractivity contribution is 0.415. The molecule has 0 atom stereocenters. The zero-order valence-corrected chi connectivity index (χ0v) is 18.1. The molecule has 0 amide bonds. The van der Waals surface area contributed by atoms with E-state index in [0.29, 0.717) is 0 Å². The molecule has 0 saturated carbocycles. The summed E-state index contributed by atoms with van der Waals surface area (Å²) in [5.74, 6) is 1.62. The number of aliphatic imine (C=N–C) groups is 2. The molecule has 0 aliphatic heterocycles. The van der Waals surface area contributed by atoms with Crippen molar-refractivity contribution in [2.75, 3.05) is 14.2 Å². The van der Waals surface area contributed by atoms with Crippen LogP contribution in [0.5, 0.6) is 11.5 Å². The Morgan fingerprint density at radius 2 is 1.10 bits per heavy atom. The molecule has 0 saturated heterocycles. The van der Waals surface area contributed by atoms with Crippen LogP contribution >= 0.6 is 0 Å². The van der Waals surface area contributed by atoms with E-state index in [0.717, 1.165) is 34.0 Å². The highest BCUT2D eigenvalue weighted by Crippen LogP contribution is 2.25. The lowest BCUT2D eigenvalue weighted by Gasteiger charge is -2.24. The van der Waals surface area contributed by atoms with Gasteiger partial charge < -0.3 is 9.47 Å². The van der Waals surface area contributed by atoms with Crippen LogP contribution in [0.4, 0.5) is 11.4 Å². The van der Waals surface area contributed by atoms with Gasteiger partial charge in [-0.25, -0.2) is 0 Å². The molecule has 4 nitrogen and oxygen atoms in total. The summed E-state index contributed by atoms with van der Waals surface area (Å²) in [6.45, 7) is 6.57. The first kappa shape index (κ1) is 21.3. The third-order valence-electron chi connectivity index (χ3n) is 4.63. The summed E-state index contributed by atoms with van der Waals surface area (Å²) in [5.41, 5.74) is 4.75. The van der Waals surface area contributed by atoms with E-state index >= 15 is 0 Å². The van der Waals surface area contributed by atoms with Crippen molar-refractivity contribution < 1.29 is 9.47 Å². The van der Waals surface area contributed by atoms with Crippen molar-refractivity contribution in [1.82, 2.24) is 0 Å². The van der Waals surface area contributed by atoms with Gasteiger partial charge in [-0.2, -0.15) is 0 Å². The van der Waals surface area contributed by atoms with Crippen molar-refractivity contribution in [3.63, 3.8) is 0 Å². The Hall–Kier alpha value is -3.40. The average molecular weight is 400 g/mol. The monoisotopic (exact) mass is 399 g/mol. The SMILES string of the molecule is COc1ccc(N=Cc2[c-]c(C=Nc3ccc(OC)cc3)cc(C(C)(C)C)c2)cc1. The van der Waals surface area contributed by atoms with Gasteiger partial charge in [-0.1, -0.05) is 20.8 Å². The molecule has 0 radical (unpaired) electrons. The zero-order chi connectivity index (χ0) is 21.6. The normalized spacial score (nSPS) is 11.9. The molecule has 3 rings (SSSR count). The lowest BCUT2D eigenvalue weighted by Crippen LogP contribution is -2.12. The fourth-order valence-electron chi connectivity index (χ4n) is 2.81. The van der Waals surface area contributed by atoms with Crippen LogP contribution in [0.15, 0.2) is 70.6 Å². The second kappa shape index (κ2) is 9.40. The Labute approximate surface area is 178 Å². The van der Waals surface area contributed by atoms with Crippen LogP contribution in [0.3, 0.4) is 0 Å². The lowest BCUT2D eigenvalue weighted by atomic mass is 9.85. The third kappa shape index (κ3) is 5.80. The van der Waals surface area contributed by atoms with E-state index in [9.17, 15) is 0 Å². The number of hydrogen-bond donors (Lipinski definition) is 0. The molecule has 3 aromatic carbocycles. The number of hydrogen-bond acceptors (Lipinski definition) is 4. The molecule has 3 aromatic rings. The Bertz CT molecular complexity index is 952. The van der Waals surface area contributed by atoms with E-state index in [1.807, 2.05) is 61.0 Å². The zero-order valence-electron chi connectivity index (χ0n) is 18.1. The summed E-state index contributed by atoms with van der Waals surface area (Å²) < 4.78 is 10.4. The smallest absolute Gasteiger partial charge is 0.119 e. The molecule has 0 fully saturated rings. The fraction of sp³-hybridized carbons (Fsp3) is 0.231. The summed E-state index contributed by atoms with van der Waals surface area (Å²) in [6.07, 6.45) is 3.67. The van der Waals surface area contributed by atoms with E-state index < -0.39 is 0 Å². The van der Waals surface area contributed by atoms with Crippen molar-refractivity contribution >= 4 is 23.8 Å². The summed E-state index contributed by atoms with van der Waals surface area (Å²) in [5, 5.41) is 0. The maximum absolute atomic E-state index is 5.20. The van der Waals surface area contributed by atoms with Gasteiger partial charge in [-0.15, -0.1) is 34.9 Å². The number of benzene rings is 3. The highest BCUT2D eigenvalue weighted by atomic mass is 16.5.